The summed E-state index contributed by atoms with van der Waals surface area (Å²) in [7, 11) is 0. The zero-order chi connectivity index (χ0) is 17.5. The van der Waals surface area contributed by atoms with Gasteiger partial charge in [-0.3, -0.25) is 9.59 Å². The van der Waals surface area contributed by atoms with E-state index in [2.05, 4.69) is 15.3 Å². The highest BCUT2D eigenvalue weighted by atomic mass is 32.2. The molecule has 1 unspecified atom stereocenters. The Bertz CT molecular complexity index is 791. The van der Waals surface area contributed by atoms with Crippen molar-refractivity contribution in [3.05, 3.63) is 52.4 Å². The molecule has 24 heavy (non-hydrogen) atoms. The number of nitrogens with zero attached hydrogens (tertiary/aromatic N) is 1. The van der Waals surface area contributed by atoms with Gasteiger partial charge in [0.2, 0.25) is 5.91 Å². The molecule has 1 aromatic heterocycles. The third kappa shape index (κ3) is 4.95. The van der Waals surface area contributed by atoms with E-state index in [1.807, 2.05) is 0 Å². The number of rotatable bonds is 6. The Morgan fingerprint density at radius 1 is 1.38 bits per heavy atom. The Hall–Kier alpha value is -2.61. The minimum absolute atomic E-state index is 0.271. The molecule has 1 amide bonds. The summed E-state index contributed by atoms with van der Waals surface area (Å²) in [5.74, 6) is -0.713. The highest BCUT2D eigenvalue weighted by Crippen LogP contribution is 2.20. The van der Waals surface area contributed by atoms with Crippen molar-refractivity contribution < 1.29 is 14.3 Å². The fourth-order valence-electron chi connectivity index (χ4n) is 1.82. The van der Waals surface area contributed by atoms with Gasteiger partial charge in [-0.1, -0.05) is 17.8 Å². The molecule has 0 aliphatic rings. The lowest BCUT2D eigenvalue weighted by Crippen LogP contribution is -2.23. The zero-order valence-electron chi connectivity index (χ0n) is 13.2. The highest BCUT2D eigenvalue weighted by Gasteiger charge is 2.16. The summed E-state index contributed by atoms with van der Waals surface area (Å²) in [6.07, 6.45) is 1.38. The summed E-state index contributed by atoms with van der Waals surface area (Å²) >= 11 is 1.13. The normalized spacial score (nSPS) is 11.6. The van der Waals surface area contributed by atoms with Crippen molar-refractivity contribution in [3.8, 4) is 0 Å². The molecule has 0 fully saturated rings. The van der Waals surface area contributed by atoms with E-state index in [0.717, 1.165) is 11.8 Å². The average molecular weight is 347 g/mol. The van der Waals surface area contributed by atoms with E-state index >= 15 is 0 Å². The second-order valence-electron chi connectivity index (χ2n) is 4.79. The highest BCUT2D eigenvalue weighted by molar-refractivity contribution is 8.00. The van der Waals surface area contributed by atoms with Crippen molar-refractivity contribution in [2.45, 2.75) is 24.3 Å². The van der Waals surface area contributed by atoms with Gasteiger partial charge >= 0.3 is 5.97 Å². The van der Waals surface area contributed by atoms with Crippen molar-refractivity contribution in [2.75, 3.05) is 11.9 Å². The largest absolute Gasteiger partial charge is 0.462 e. The minimum Gasteiger partial charge on any atom is -0.462 e. The summed E-state index contributed by atoms with van der Waals surface area (Å²) in [5.41, 5.74) is 0.582. The van der Waals surface area contributed by atoms with Crippen molar-refractivity contribution in [3.63, 3.8) is 0 Å². The first-order valence-corrected chi connectivity index (χ1v) is 8.17. The monoisotopic (exact) mass is 347 g/mol. The Labute approximate surface area is 142 Å². The smallest absolute Gasteiger partial charge is 0.338 e. The molecule has 0 spiro atoms. The lowest BCUT2D eigenvalue weighted by molar-refractivity contribution is -0.115. The fourth-order valence-corrected chi connectivity index (χ4v) is 2.60. The molecule has 126 valence electrons. The number of hydrogen-bond donors (Lipinski definition) is 2. The molecule has 0 saturated heterocycles. The Balaban J connectivity index is 2.02. The molecule has 8 heteroatoms. The molecule has 0 bridgehead atoms. The molecule has 1 heterocycles. The van der Waals surface area contributed by atoms with Crippen LogP contribution in [0.1, 0.15) is 24.2 Å². The number of esters is 1. The lowest BCUT2D eigenvalue weighted by atomic mass is 10.2. The van der Waals surface area contributed by atoms with Crippen LogP contribution in [0.15, 0.2) is 46.5 Å². The number of anilines is 1. The fraction of sp³-hybridized carbons (Fsp3) is 0.250. The maximum absolute atomic E-state index is 12.2. The number of nitrogens with one attached hydrogen (secondary N) is 2. The number of benzene rings is 1. The third-order valence-electron chi connectivity index (χ3n) is 2.95. The molecular formula is C16H17N3O4S. The van der Waals surface area contributed by atoms with Gasteiger partial charge in [0, 0.05) is 18.0 Å². The number of carbonyl (C=O) groups excluding carboxylic acids is 2. The van der Waals surface area contributed by atoms with Crippen LogP contribution in [0.25, 0.3) is 0 Å². The van der Waals surface area contributed by atoms with Crippen LogP contribution in [-0.2, 0) is 9.53 Å². The number of aromatic amines is 1. The van der Waals surface area contributed by atoms with Crippen molar-refractivity contribution >= 4 is 29.3 Å². The summed E-state index contributed by atoms with van der Waals surface area (Å²) < 4.78 is 4.93. The van der Waals surface area contributed by atoms with Gasteiger partial charge in [-0.15, -0.1) is 0 Å². The first-order chi connectivity index (χ1) is 11.5. The Kier molecular flexibility index (Phi) is 6.14. The molecule has 1 atom stereocenters. The predicted molar refractivity (Wildman–Crippen MR) is 91.2 cm³/mol. The van der Waals surface area contributed by atoms with Crippen LogP contribution in [0.2, 0.25) is 0 Å². The third-order valence-corrected chi connectivity index (χ3v) is 3.95. The molecule has 0 aliphatic carbocycles. The van der Waals surface area contributed by atoms with E-state index < -0.39 is 11.2 Å². The van der Waals surface area contributed by atoms with Crippen LogP contribution in [0.3, 0.4) is 0 Å². The molecule has 7 nitrogen and oxygen atoms in total. The van der Waals surface area contributed by atoms with Crippen LogP contribution < -0.4 is 10.9 Å². The number of thioether (sulfide) groups is 1. The van der Waals surface area contributed by atoms with E-state index in [9.17, 15) is 14.4 Å². The number of hydrogen-bond acceptors (Lipinski definition) is 6. The second kappa shape index (κ2) is 8.30. The van der Waals surface area contributed by atoms with Crippen molar-refractivity contribution in [2.24, 2.45) is 0 Å². The summed E-state index contributed by atoms with van der Waals surface area (Å²) in [6.45, 7) is 3.71. The van der Waals surface area contributed by atoms with Crippen LogP contribution in [0, 0.1) is 0 Å². The molecule has 1 aromatic carbocycles. The summed E-state index contributed by atoms with van der Waals surface area (Å²) in [6, 6.07) is 7.81. The van der Waals surface area contributed by atoms with Gasteiger partial charge in [0.1, 0.15) is 0 Å². The van der Waals surface area contributed by atoms with Crippen LogP contribution in [0.4, 0.5) is 5.69 Å². The second-order valence-corrected chi connectivity index (χ2v) is 6.12. The molecule has 2 aromatic rings. The number of carbonyl (C=O) groups is 2. The van der Waals surface area contributed by atoms with Gasteiger partial charge in [0.25, 0.3) is 5.56 Å². The van der Waals surface area contributed by atoms with E-state index in [0.29, 0.717) is 16.4 Å². The van der Waals surface area contributed by atoms with E-state index in [-0.39, 0.29) is 18.1 Å². The molecule has 2 N–H and O–H groups in total. The predicted octanol–water partition coefficient (Wildman–Crippen LogP) is 2.07. The van der Waals surface area contributed by atoms with Gasteiger partial charge in [0.05, 0.1) is 17.4 Å². The topological polar surface area (TPSA) is 101 Å². The number of H-pyrrole nitrogens is 1. The maximum Gasteiger partial charge on any atom is 0.338 e. The van der Waals surface area contributed by atoms with E-state index in [4.69, 9.17) is 4.74 Å². The van der Waals surface area contributed by atoms with Gasteiger partial charge < -0.3 is 15.0 Å². The van der Waals surface area contributed by atoms with E-state index in [1.54, 1.807) is 38.1 Å². The number of amides is 1. The molecule has 0 saturated carbocycles. The zero-order valence-corrected chi connectivity index (χ0v) is 14.1. The SMILES string of the molecule is CCOC(=O)c1cccc(NC(=O)C(C)Sc2nccc(=O)[nH]2)c1. The minimum atomic E-state index is -0.484. The van der Waals surface area contributed by atoms with Crippen LogP contribution in [-0.4, -0.2) is 33.7 Å². The standard InChI is InChI=1S/C16H17N3O4S/c1-3-23-15(22)11-5-4-6-12(9-11)18-14(21)10(2)24-16-17-8-7-13(20)19-16/h4-10H,3H2,1-2H3,(H,18,21)(H,17,19,20). The number of ether oxygens (including phenoxy) is 1. The summed E-state index contributed by atoms with van der Waals surface area (Å²) in [4.78, 5) is 41.7. The summed E-state index contributed by atoms with van der Waals surface area (Å²) in [5, 5.41) is 2.61. The van der Waals surface area contributed by atoms with E-state index in [1.165, 1.54) is 12.3 Å². The molecular weight excluding hydrogens is 330 g/mol. The maximum atomic E-state index is 12.2. The molecule has 2 rings (SSSR count). The average Bonchev–Trinajstić information content (AvgIpc) is 2.55. The van der Waals surface area contributed by atoms with Crippen molar-refractivity contribution in [1.29, 1.82) is 0 Å². The van der Waals surface area contributed by atoms with Crippen LogP contribution in [0.5, 0.6) is 0 Å². The first kappa shape index (κ1) is 17.7. The van der Waals surface area contributed by atoms with Crippen LogP contribution >= 0.6 is 11.8 Å². The molecule has 0 radical (unpaired) electrons. The van der Waals surface area contributed by atoms with Gasteiger partial charge in [-0.25, -0.2) is 9.78 Å². The quantitative estimate of drug-likeness (QED) is 0.471. The Morgan fingerprint density at radius 3 is 2.88 bits per heavy atom. The lowest BCUT2D eigenvalue weighted by Gasteiger charge is -2.12. The van der Waals surface area contributed by atoms with Gasteiger partial charge in [-0.05, 0) is 32.0 Å². The molecule has 0 aliphatic heterocycles. The van der Waals surface area contributed by atoms with Crippen molar-refractivity contribution in [1.82, 2.24) is 9.97 Å². The van der Waals surface area contributed by atoms with Gasteiger partial charge in [-0.2, -0.15) is 0 Å². The van der Waals surface area contributed by atoms with Gasteiger partial charge in [0.15, 0.2) is 5.16 Å². The Morgan fingerprint density at radius 2 is 2.17 bits per heavy atom. The number of aromatic nitrogens is 2. The first-order valence-electron chi connectivity index (χ1n) is 7.29.